The molecule has 0 bridgehead atoms. The number of piperazine rings is 1. The highest BCUT2D eigenvalue weighted by Gasteiger charge is 2.18. The van der Waals surface area contributed by atoms with Crippen LogP contribution in [0.5, 0.6) is 0 Å². The Kier molecular flexibility index (Phi) is 4.26. The molecule has 2 aromatic rings. The van der Waals surface area contributed by atoms with Gasteiger partial charge in [-0.25, -0.2) is 0 Å². The van der Waals surface area contributed by atoms with Gasteiger partial charge in [0, 0.05) is 54.4 Å². The predicted molar refractivity (Wildman–Crippen MR) is 91.8 cm³/mol. The molecule has 118 valence electrons. The molecule has 22 heavy (non-hydrogen) atoms. The molecule has 0 radical (unpaired) electrons. The first-order valence-electron chi connectivity index (χ1n) is 7.68. The number of H-pyrrole nitrogens is 1. The lowest BCUT2D eigenvalue weighted by Crippen LogP contribution is -2.44. The molecule has 0 aliphatic carbocycles. The van der Waals surface area contributed by atoms with E-state index >= 15 is 0 Å². The van der Waals surface area contributed by atoms with Crippen molar-refractivity contribution in [3.63, 3.8) is 0 Å². The summed E-state index contributed by atoms with van der Waals surface area (Å²) in [6, 6.07) is 3.66. The third kappa shape index (κ3) is 2.91. The summed E-state index contributed by atoms with van der Waals surface area (Å²) in [4.78, 5) is 20.9. The Labute approximate surface area is 135 Å². The molecule has 0 spiro atoms. The van der Waals surface area contributed by atoms with E-state index < -0.39 is 0 Å². The van der Waals surface area contributed by atoms with E-state index in [-0.39, 0.29) is 5.43 Å². The van der Waals surface area contributed by atoms with Crippen LogP contribution in [-0.2, 0) is 6.54 Å². The molecule has 0 amide bonds. The van der Waals surface area contributed by atoms with Crippen molar-refractivity contribution >= 4 is 22.5 Å². The lowest BCUT2D eigenvalue weighted by atomic mass is 10.1. The summed E-state index contributed by atoms with van der Waals surface area (Å²) in [6.45, 7) is 8.77. The maximum atomic E-state index is 12.9. The van der Waals surface area contributed by atoms with E-state index in [0.29, 0.717) is 17.0 Å². The van der Waals surface area contributed by atoms with Crippen LogP contribution in [-0.4, -0.2) is 48.0 Å². The number of aryl methyl sites for hydroxylation is 2. The normalized spacial score (nSPS) is 17.3. The second-order valence-electron chi connectivity index (χ2n) is 6.28. The molecule has 0 atom stereocenters. The largest absolute Gasteiger partial charge is 0.358 e. The van der Waals surface area contributed by atoms with E-state index in [1.54, 1.807) is 6.07 Å². The molecule has 1 aromatic carbocycles. The second kappa shape index (κ2) is 6.03. The Morgan fingerprint density at radius 3 is 2.55 bits per heavy atom. The molecule has 4 nitrogen and oxygen atoms in total. The van der Waals surface area contributed by atoms with Gasteiger partial charge in [0.2, 0.25) is 0 Å². The number of pyridine rings is 1. The van der Waals surface area contributed by atoms with Crippen molar-refractivity contribution in [2.24, 2.45) is 0 Å². The van der Waals surface area contributed by atoms with Gasteiger partial charge in [0.05, 0.1) is 5.52 Å². The first-order chi connectivity index (χ1) is 10.5. The van der Waals surface area contributed by atoms with Crippen LogP contribution >= 0.6 is 11.6 Å². The van der Waals surface area contributed by atoms with Crippen molar-refractivity contribution < 1.29 is 0 Å². The number of rotatable bonds is 2. The third-order valence-corrected chi connectivity index (χ3v) is 4.78. The van der Waals surface area contributed by atoms with Crippen LogP contribution < -0.4 is 5.43 Å². The third-order valence-electron chi connectivity index (χ3n) is 4.56. The Morgan fingerprint density at radius 1 is 1.18 bits per heavy atom. The van der Waals surface area contributed by atoms with Gasteiger partial charge in [0.25, 0.3) is 0 Å². The average Bonchev–Trinajstić information content (AvgIpc) is 2.47. The zero-order valence-corrected chi connectivity index (χ0v) is 14.1. The number of likely N-dealkylation sites (N-methyl/N-ethyl adjacent to an activating group) is 1. The fourth-order valence-corrected chi connectivity index (χ4v) is 3.38. The van der Waals surface area contributed by atoms with Crippen LogP contribution in [0, 0.1) is 13.8 Å². The Bertz CT molecular complexity index is 761. The number of halogens is 1. The van der Waals surface area contributed by atoms with Gasteiger partial charge in [-0.1, -0.05) is 11.6 Å². The topological polar surface area (TPSA) is 39.3 Å². The van der Waals surface area contributed by atoms with Crippen molar-refractivity contribution in [3.05, 3.63) is 44.2 Å². The van der Waals surface area contributed by atoms with E-state index in [1.807, 2.05) is 19.9 Å². The van der Waals surface area contributed by atoms with Gasteiger partial charge in [0.15, 0.2) is 5.43 Å². The molecular weight excluding hydrogens is 298 g/mol. The highest BCUT2D eigenvalue weighted by Crippen LogP contribution is 2.21. The highest BCUT2D eigenvalue weighted by molar-refractivity contribution is 6.31. The number of hydrogen-bond acceptors (Lipinski definition) is 3. The number of benzene rings is 1. The first-order valence-corrected chi connectivity index (χ1v) is 8.06. The van der Waals surface area contributed by atoms with Gasteiger partial charge >= 0.3 is 0 Å². The maximum absolute atomic E-state index is 12.9. The van der Waals surface area contributed by atoms with Crippen molar-refractivity contribution in [2.45, 2.75) is 20.4 Å². The molecule has 1 fully saturated rings. The summed E-state index contributed by atoms with van der Waals surface area (Å²) in [5.74, 6) is 0. The van der Waals surface area contributed by atoms with Crippen LogP contribution in [0.15, 0.2) is 16.9 Å². The first kappa shape index (κ1) is 15.5. The summed E-state index contributed by atoms with van der Waals surface area (Å²) >= 11 is 6.13. The van der Waals surface area contributed by atoms with E-state index in [4.69, 9.17) is 11.6 Å². The minimum absolute atomic E-state index is 0.107. The summed E-state index contributed by atoms with van der Waals surface area (Å²) in [5, 5.41) is 1.31. The molecule has 1 saturated heterocycles. The predicted octanol–water partition coefficient (Wildman–Crippen LogP) is 2.55. The van der Waals surface area contributed by atoms with Crippen molar-refractivity contribution in [3.8, 4) is 0 Å². The van der Waals surface area contributed by atoms with Gasteiger partial charge in [-0.15, -0.1) is 0 Å². The number of nitrogens with one attached hydrogen (secondary N) is 1. The molecule has 0 unspecified atom stereocenters. The quantitative estimate of drug-likeness (QED) is 0.924. The summed E-state index contributed by atoms with van der Waals surface area (Å²) in [5.41, 5.74) is 3.83. The molecular formula is C17H22ClN3O. The van der Waals surface area contributed by atoms with Gasteiger partial charge < -0.3 is 9.88 Å². The number of nitrogens with zero attached hydrogens (tertiary/aromatic N) is 2. The number of aromatic nitrogens is 1. The Hall–Kier alpha value is -1.36. The summed E-state index contributed by atoms with van der Waals surface area (Å²) in [6.07, 6.45) is 0. The zero-order chi connectivity index (χ0) is 15.9. The van der Waals surface area contributed by atoms with Crippen LogP contribution in [0.25, 0.3) is 10.9 Å². The minimum atomic E-state index is 0.107. The fourth-order valence-electron chi connectivity index (χ4n) is 3.10. The number of aromatic amines is 1. The number of hydrogen-bond donors (Lipinski definition) is 1. The van der Waals surface area contributed by atoms with Crippen LogP contribution in [0.1, 0.15) is 16.8 Å². The molecule has 5 heteroatoms. The zero-order valence-electron chi connectivity index (χ0n) is 13.4. The maximum Gasteiger partial charge on any atom is 0.194 e. The highest BCUT2D eigenvalue weighted by atomic mass is 35.5. The van der Waals surface area contributed by atoms with E-state index in [0.717, 1.165) is 48.5 Å². The molecule has 1 N–H and O–H groups in total. The summed E-state index contributed by atoms with van der Waals surface area (Å²) in [7, 11) is 2.14. The standard InChI is InChI=1S/C17H22ClN3O/c1-11-8-13(18)9-14-16(11)19-12(2)15(17(14)22)10-21-6-4-20(3)5-7-21/h8-9H,4-7,10H2,1-3H3,(H,19,22). The molecule has 2 heterocycles. The van der Waals surface area contributed by atoms with Crippen molar-refractivity contribution in [2.75, 3.05) is 33.2 Å². The van der Waals surface area contributed by atoms with Gasteiger partial charge in [-0.05, 0) is 38.6 Å². The lowest BCUT2D eigenvalue weighted by molar-refractivity contribution is 0.147. The SMILES string of the molecule is Cc1[nH]c2c(C)cc(Cl)cc2c(=O)c1CN1CCN(C)CC1. The lowest BCUT2D eigenvalue weighted by Gasteiger charge is -2.32. The van der Waals surface area contributed by atoms with Gasteiger partial charge in [0.1, 0.15) is 0 Å². The van der Waals surface area contributed by atoms with Crippen LogP contribution in [0.3, 0.4) is 0 Å². The molecule has 1 aromatic heterocycles. The van der Waals surface area contributed by atoms with E-state index in [1.165, 1.54) is 0 Å². The Morgan fingerprint density at radius 2 is 1.86 bits per heavy atom. The molecule has 3 rings (SSSR count). The van der Waals surface area contributed by atoms with Gasteiger partial charge in [-0.2, -0.15) is 0 Å². The molecule has 1 aliphatic rings. The van der Waals surface area contributed by atoms with Crippen molar-refractivity contribution in [1.82, 2.24) is 14.8 Å². The summed E-state index contributed by atoms with van der Waals surface area (Å²) < 4.78 is 0. The van der Waals surface area contributed by atoms with Gasteiger partial charge in [-0.3, -0.25) is 9.69 Å². The fraction of sp³-hybridized carbons (Fsp3) is 0.471. The average molecular weight is 320 g/mol. The molecule has 1 aliphatic heterocycles. The van der Waals surface area contributed by atoms with Crippen molar-refractivity contribution in [1.29, 1.82) is 0 Å². The number of fused-ring (bicyclic) bond motifs is 1. The second-order valence-corrected chi connectivity index (χ2v) is 6.72. The van der Waals surface area contributed by atoms with E-state index in [2.05, 4.69) is 21.8 Å². The smallest absolute Gasteiger partial charge is 0.194 e. The van der Waals surface area contributed by atoms with E-state index in [9.17, 15) is 4.79 Å². The monoisotopic (exact) mass is 319 g/mol. The van der Waals surface area contributed by atoms with Crippen LogP contribution in [0.4, 0.5) is 0 Å². The molecule has 0 saturated carbocycles. The Balaban J connectivity index is 2.01. The minimum Gasteiger partial charge on any atom is -0.358 e. The van der Waals surface area contributed by atoms with Crippen LogP contribution in [0.2, 0.25) is 5.02 Å².